The molecule has 1 fully saturated rings. The van der Waals surface area contributed by atoms with Gasteiger partial charge >= 0.3 is 5.97 Å². The van der Waals surface area contributed by atoms with Crippen molar-refractivity contribution in [3.05, 3.63) is 34.9 Å². The van der Waals surface area contributed by atoms with Crippen molar-refractivity contribution in [2.45, 2.75) is 44.7 Å². The number of carboxylic acid groups (broad SMARTS) is 1. The molecule has 0 aromatic heterocycles. The molecule has 19 heavy (non-hydrogen) atoms. The zero-order valence-electron chi connectivity index (χ0n) is 11.1. The summed E-state index contributed by atoms with van der Waals surface area (Å²) in [4.78, 5) is 11.1. The lowest BCUT2D eigenvalue weighted by Crippen LogP contribution is -2.37. The van der Waals surface area contributed by atoms with Crippen molar-refractivity contribution in [3.8, 4) is 0 Å². The van der Waals surface area contributed by atoms with Crippen LogP contribution >= 0.6 is 11.6 Å². The van der Waals surface area contributed by atoms with Gasteiger partial charge in [0.1, 0.15) is 0 Å². The van der Waals surface area contributed by atoms with Crippen LogP contribution in [0, 0.1) is 5.92 Å². The number of nitrogens with one attached hydrogen (secondary N) is 1. The summed E-state index contributed by atoms with van der Waals surface area (Å²) >= 11 is 6.18. The molecule has 0 amide bonds. The summed E-state index contributed by atoms with van der Waals surface area (Å²) in [5.41, 5.74) is 1.07. The van der Waals surface area contributed by atoms with Gasteiger partial charge in [0.2, 0.25) is 0 Å². The predicted octanol–water partition coefficient (Wildman–Crippen LogP) is 3.63. The third-order valence-corrected chi connectivity index (χ3v) is 4.23. The molecule has 2 rings (SSSR count). The van der Waals surface area contributed by atoms with Crippen LogP contribution in [0.1, 0.15) is 44.2 Å². The Balaban J connectivity index is 1.97. The van der Waals surface area contributed by atoms with Crippen molar-refractivity contribution >= 4 is 17.6 Å². The van der Waals surface area contributed by atoms with Crippen molar-refractivity contribution in [2.75, 3.05) is 0 Å². The average Bonchev–Trinajstić information content (AvgIpc) is 2.39. The summed E-state index contributed by atoms with van der Waals surface area (Å²) in [7, 11) is 0. The molecule has 0 heterocycles. The van der Waals surface area contributed by atoms with Gasteiger partial charge in [-0.3, -0.25) is 4.79 Å². The van der Waals surface area contributed by atoms with E-state index in [0.717, 1.165) is 29.8 Å². The fourth-order valence-electron chi connectivity index (χ4n) is 2.84. The van der Waals surface area contributed by atoms with Gasteiger partial charge in [0, 0.05) is 17.1 Å². The largest absolute Gasteiger partial charge is 0.481 e. The quantitative estimate of drug-likeness (QED) is 0.886. The van der Waals surface area contributed by atoms with Gasteiger partial charge in [0.05, 0.1) is 5.92 Å². The van der Waals surface area contributed by atoms with Crippen LogP contribution in [0.3, 0.4) is 0 Å². The van der Waals surface area contributed by atoms with Gasteiger partial charge in [-0.25, -0.2) is 0 Å². The maximum Gasteiger partial charge on any atom is 0.306 e. The molecule has 104 valence electrons. The molecule has 0 aliphatic heterocycles. The lowest BCUT2D eigenvalue weighted by Gasteiger charge is -2.30. The molecule has 0 radical (unpaired) electrons. The van der Waals surface area contributed by atoms with Gasteiger partial charge in [0.25, 0.3) is 0 Å². The highest BCUT2D eigenvalue weighted by Gasteiger charge is 2.27. The molecular formula is C15H20ClNO2. The van der Waals surface area contributed by atoms with E-state index < -0.39 is 5.97 Å². The molecule has 4 heteroatoms. The van der Waals surface area contributed by atoms with Crippen LogP contribution in [-0.2, 0) is 4.79 Å². The zero-order chi connectivity index (χ0) is 13.8. The molecule has 1 saturated carbocycles. The summed E-state index contributed by atoms with van der Waals surface area (Å²) in [6, 6.07) is 8.19. The lowest BCUT2D eigenvalue weighted by molar-refractivity contribution is -0.143. The van der Waals surface area contributed by atoms with Crippen molar-refractivity contribution < 1.29 is 9.90 Å². The smallest absolute Gasteiger partial charge is 0.306 e. The Bertz CT molecular complexity index is 450. The van der Waals surface area contributed by atoms with Crippen LogP contribution in [0.2, 0.25) is 5.02 Å². The number of halogens is 1. The Morgan fingerprint density at radius 3 is 2.84 bits per heavy atom. The molecule has 0 spiro atoms. The maximum absolute atomic E-state index is 11.1. The normalized spacial score (nSPS) is 24.9. The van der Waals surface area contributed by atoms with Crippen LogP contribution in [-0.4, -0.2) is 17.1 Å². The first kappa shape index (κ1) is 14.4. The monoisotopic (exact) mass is 281 g/mol. The second-order valence-corrected chi connectivity index (χ2v) is 5.72. The van der Waals surface area contributed by atoms with Crippen molar-refractivity contribution in [2.24, 2.45) is 5.92 Å². The molecule has 3 nitrogen and oxygen atoms in total. The fraction of sp³-hybridized carbons (Fsp3) is 0.533. The Morgan fingerprint density at radius 1 is 1.42 bits per heavy atom. The lowest BCUT2D eigenvalue weighted by atomic mass is 9.85. The average molecular weight is 282 g/mol. The highest BCUT2D eigenvalue weighted by molar-refractivity contribution is 6.31. The first-order valence-electron chi connectivity index (χ1n) is 6.81. The number of hydrogen-bond acceptors (Lipinski definition) is 2. The summed E-state index contributed by atoms with van der Waals surface area (Å²) in [5.74, 6) is -0.874. The molecule has 2 N–H and O–H groups in total. The first-order valence-corrected chi connectivity index (χ1v) is 7.19. The van der Waals surface area contributed by atoms with Crippen molar-refractivity contribution in [3.63, 3.8) is 0 Å². The van der Waals surface area contributed by atoms with Gasteiger partial charge in [-0.2, -0.15) is 0 Å². The molecule has 0 bridgehead atoms. The SMILES string of the molecule is C[C@@H](NC1CCCC(C(=O)O)C1)c1ccccc1Cl. The molecular weight excluding hydrogens is 262 g/mol. The van der Waals surface area contributed by atoms with Gasteiger partial charge in [-0.05, 0) is 37.8 Å². The van der Waals surface area contributed by atoms with Crippen LogP contribution in [0.25, 0.3) is 0 Å². The molecule has 0 saturated heterocycles. The van der Waals surface area contributed by atoms with E-state index in [1.54, 1.807) is 0 Å². The summed E-state index contributed by atoms with van der Waals surface area (Å²) in [5, 5.41) is 13.4. The van der Waals surface area contributed by atoms with E-state index in [9.17, 15) is 4.79 Å². The van der Waals surface area contributed by atoms with E-state index in [1.807, 2.05) is 24.3 Å². The van der Waals surface area contributed by atoms with E-state index in [1.165, 1.54) is 0 Å². The summed E-state index contributed by atoms with van der Waals surface area (Å²) < 4.78 is 0. The van der Waals surface area contributed by atoms with Crippen LogP contribution in [0.15, 0.2) is 24.3 Å². The fourth-order valence-corrected chi connectivity index (χ4v) is 3.13. The standard InChI is InChI=1S/C15H20ClNO2/c1-10(13-7-2-3-8-14(13)16)17-12-6-4-5-11(9-12)15(18)19/h2-3,7-8,10-12,17H,4-6,9H2,1H3,(H,18,19)/t10-,11?,12?/m1/s1. The third-order valence-electron chi connectivity index (χ3n) is 3.88. The second-order valence-electron chi connectivity index (χ2n) is 5.31. The third kappa shape index (κ3) is 3.71. The van der Waals surface area contributed by atoms with Crippen LogP contribution in [0.4, 0.5) is 0 Å². The number of carbonyl (C=O) groups is 1. The van der Waals surface area contributed by atoms with Gasteiger partial charge in [-0.15, -0.1) is 0 Å². The Labute approximate surface area is 119 Å². The second kappa shape index (κ2) is 6.40. The topological polar surface area (TPSA) is 49.3 Å². The number of benzene rings is 1. The minimum absolute atomic E-state index is 0.145. The molecule has 1 aromatic carbocycles. The first-order chi connectivity index (χ1) is 9.08. The number of hydrogen-bond donors (Lipinski definition) is 2. The molecule has 3 atom stereocenters. The van der Waals surface area contributed by atoms with E-state index in [-0.39, 0.29) is 18.0 Å². The van der Waals surface area contributed by atoms with Gasteiger partial charge < -0.3 is 10.4 Å². The maximum atomic E-state index is 11.1. The molecule has 2 unspecified atom stereocenters. The molecule has 1 aliphatic carbocycles. The predicted molar refractivity (Wildman–Crippen MR) is 76.4 cm³/mol. The van der Waals surface area contributed by atoms with E-state index in [0.29, 0.717) is 6.42 Å². The van der Waals surface area contributed by atoms with Crippen LogP contribution < -0.4 is 5.32 Å². The molecule has 1 aliphatic rings. The highest BCUT2D eigenvalue weighted by atomic mass is 35.5. The Hall–Kier alpha value is -1.06. The van der Waals surface area contributed by atoms with Crippen molar-refractivity contribution in [1.29, 1.82) is 0 Å². The minimum atomic E-state index is -0.670. The zero-order valence-corrected chi connectivity index (χ0v) is 11.9. The molecule has 1 aromatic rings. The number of carboxylic acids is 1. The van der Waals surface area contributed by atoms with Gasteiger partial charge in [-0.1, -0.05) is 36.2 Å². The van der Waals surface area contributed by atoms with Crippen LogP contribution in [0.5, 0.6) is 0 Å². The van der Waals surface area contributed by atoms with E-state index in [4.69, 9.17) is 16.7 Å². The number of aliphatic carboxylic acids is 1. The van der Waals surface area contributed by atoms with Gasteiger partial charge in [0.15, 0.2) is 0 Å². The summed E-state index contributed by atoms with van der Waals surface area (Å²) in [6.45, 7) is 2.07. The van der Waals surface area contributed by atoms with Crippen molar-refractivity contribution in [1.82, 2.24) is 5.32 Å². The minimum Gasteiger partial charge on any atom is -0.481 e. The van der Waals surface area contributed by atoms with E-state index >= 15 is 0 Å². The Kier molecular flexibility index (Phi) is 4.83. The number of rotatable bonds is 4. The Morgan fingerprint density at radius 2 is 2.16 bits per heavy atom. The highest BCUT2D eigenvalue weighted by Crippen LogP contribution is 2.28. The van der Waals surface area contributed by atoms with E-state index in [2.05, 4.69) is 12.2 Å². The summed E-state index contributed by atoms with van der Waals surface area (Å²) in [6.07, 6.45) is 3.53.